The number of unbranched alkanes of at least 4 members (excludes halogenated alkanes) is 1. The minimum atomic E-state index is -3.29. The number of nitrogens with one attached hydrogen (secondary N) is 1. The molecule has 2 aromatic rings. The van der Waals surface area contributed by atoms with Crippen molar-refractivity contribution in [1.82, 2.24) is 4.98 Å². The molecule has 1 aromatic heterocycles. The number of benzene rings is 1. The van der Waals surface area contributed by atoms with Crippen LogP contribution in [0.5, 0.6) is 0 Å². The topological polar surface area (TPSA) is 85.1 Å². The van der Waals surface area contributed by atoms with E-state index < -0.39 is 10.0 Å². The van der Waals surface area contributed by atoms with Crippen LogP contribution in [0.15, 0.2) is 18.2 Å². The second-order valence-corrected chi connectivity index (χ2v) is 6.89. The van der Waals surface area contributed by atoms with Crippen LogP contribution in [0.1, 0.15) is 19.8 Å². The first-order valence-electron chi connectivity index (χ1n) is 5.67. The highest BCUT2D eigenvalue weighted by molar-refractivity contribution is 7.92. The van der Waals surface area contributed by atoms with E-state index in [0.717, 1.165) is 16.6 Å². The minimum Gasteiger partial charge on any atom is -0.399 e. The molecule has 0 unspecified atom stereocenters. The number of aromatic nitrogens is 1. The van der Waals surface area contributed by atoms with Crippen molar-refractivity contribution in [2.45, 2.75) is 19.8 Å². The van der Waals surface area contributed by atoms with Gasteiger partial charge in [0.15, 0.2) is 5.13 Å². The van der Waals surface area contributed by atoms with Gasteiger partial charge in [0, 0.05) is 5.69 Å². The number of hydrogen-bond donors (Lipinski definition) is 2. The normalized spacial score (nSPS) is 11.8. The molecule has 0 saturated heterocycles. The first-order valence-corrected chi connectivity index (χ1v) is 8.13. The fourth-order valence-electron chi connectivity index (χ4n) is 1.50. The van der Waals surface area contributed by atoms with Crippen molar-refractivity contribution in [3.05, 3.63) is 18.2 Å². The van der Waals surface area contributed by atoms with Crippen LogP contribution < -0.4 is 10.5 Å². The minimum absolute atomic E-state index is 0.127. The van der Waals surface area contributed by atoms with Gasteiger partial charge in [-0.25, -0.2) is 13.4 Å². The molecule has 0 aliphatic carbocycles. The maximum atomic E-state index is 11.7. The number of anilines is 2. The molecule has 0 saturated carbocycles. The molecule has 7 heteroatoms. The van der Waals surface area contributed by atoms with Crippen LogP contribution in [0, 0.1) is 0 Å². The van der Waals surface area contributed by atoms with Crippen molar-refractivity contribution in [3.63, 3.8) is 0 Å². The number of nitrogens with two attached hydrogens (primary N) is 1. The Morgan fingerprint density at radius 3 is 2.94 bits per heavy atom. The third kappa shape index (κ3) is 3.11. The molecular formula is C11H15N3O2S2. The van der Waals surface area contributed by atoms with E-state index in [1.807, 2.05) is 6.92 Å². The Kier molecular flexibility index (Phi) is 3.72. The molecule has 98 valence electrons. The first-order chi connectivity index (χ1) is 8.50. The summed E-state index contributed by atoms with van der Waals surface area (Å²) in [4.78, 5) is 4.22. The largest absolute Gasteiger partial charge is 0.399 e. The van der Waals surface area contributed by atoms with E-state index in [1.54, 1.807) is 18.2 Å². The molecule has 0 amide bonds. The van der Waals surface area contributed by atoms with Gasteiger partial charge in [-0.3, -0.25) is 4.72 Å². The number of fused-ring (bicyclic) bond motifs is 1. The van der Waals surface area contributed by atoms with E-state index in [2.05, 4.69) is 9.71 Å². The number of hydrogen-bond acceptors (Lipinski definition) is 5. The number of rotatable bonds is 5. The Bertz CT molecular complexity index is 649. The SMILES string of the molecule is CCCCS(=O)(=O)Nc1nc2ccc(N)cc2s1. The van der Waals surface area contributed by atoms with Gasteiger partial charge in [-0.05, 0) is 24.6 Å². The molecule has 0 bridgehead atoms. The third-order valence-electron chi connectivity index (χ3n) is 2.42. The quantitative estimate of drug-likeness (QED) is 0.826. The predicted molar refractivity (Wildman–Crippen MR) is 76.3 cm³/mol. The zero-order valence-corrected chi connectivity index (χ0v) is 11.6. The van der Waals surface area contributed by atoms with Crippen molar-refractivity contribution in [2.24, 2.45) is 0 Å². The van der Waals surface area contributed by atoms with Crippen molar-refractivity contribution in [1.29, 1.82) is 0 Å². The van der Waals surface area contributed by atoms with Crippen LogP contribution >= 0.6 is 11.3 Å². The highest BCUT2D eigenvalue weighted by Gasteiger charge is 2.12. The fourth-order valence-corrected chi connectivity index (χ4v) is 3.90. The number of nitrogens with zero attached hydrogens (tertiary/aromatic N) is 1. The molecule has 3 N–H and O–H groups in total. The summed E-state index contributed by atoms with van der Waals surface area (Å²) in [6.07, 6.45) is 1.49. The molecule has 0 aliphatic heterocycles. The molecule has 0 atom stereocenters. The molecule has 5 nitrogen and oxygen atoms in total. The predicted octanol–water partition coefficient (Wildman–Crippen LogP) is 2.42. The molecule has 0 spiro atoms. The molecule has 0 aliphatic rings. The Labute approximate surface area is 110 Å². The molecule has 0 radical (unpaired) electrons. The van der Waals surface area contributed by atoms with E-state index in [9.17, 15) is 8.42 Å². The van der Waals surface area contributed by atoms with Gasteiger partial charge >= 0.3 is 0 Å². The van der Waals surface area contributed by atoms with Crippen molar-refractivity contribution in [2.75, 3.05) is 16.2 Å². The van der Waals surface area contributed by atoms with Crippen LogP contribution in [0.4, 0.5) is 10.8 Å². The van der Waals surface area contributed by atoms with Crippen LogP contribution in [0.3, 0.4) is 0 Å². The lowest BCUT2D eigenvalue weighted by molar-refractivity contribution is 0.598. The van der Waals surface area contributed by atoms with Crippen LogP contribution in [0.25, 0.3) is 10.2 Å². The highest BCUT2D eigenvalue weighted by atomic mass is 32.2. The van der Waals surface area contributed by atoms with Gasteiger partial charge < -0.3 is 5.73 Å². The van der Waals surface area contributed by atoms with Crippen LogP contribution in [-0.4, -0.2) is 19.2 Å². The molecule has 1 heterocycles. The fraction of sp³-hybridized carbons (Fsp3) is 0.364. The van der Waals surface area contributed by atoms with Crippen molar-refractivity contribution in [3.8, 4) is 0 Å². The second kappa shape index (κ2) is 5.11. The lowest BCUT2D eigenvalue weighted by Gasteiger charge is -2.02. The smallest absolute Gasteiger partial charge is 0.234 e. The van der Waals surface area contributed by atoms with Crippen LogP contribution in [0.2, 0.25) is 0 Å². The monoisotopic (exact) mass is 285 g/mol. The van der Waals surface area contributed by atoms with Crippen molar-refractivity contribution < 1.29 is 8.42 Å². The zero-order chi connectivity index (χ0) is 13.2. The summed E-state index contributed by atoms with van der Waals surface area (Å²) in [6, 6.07) is 5.32. The molecule has 0 fully saturated rings. The average molecular weight is 285 g/mol. The van der Waals surface area contributed by atoms with Crippen LogP contribution in [-0.2, 0) is 10.0 Å². The Morgan fingerprint density at radius 1 is 1.44 bits per heavy atom. The summed E-state index contributed by atoms with van der Waals surface area (Å²) < 4.78 is 26.8. The number of nitrogen functional groups attached to an aromatic ring is 1. The second-order valence-electron chi connectivity index (χ2n) is 4.02. The molecule has 18 heavy (non-hydrogen) atoms. The zero-order valence-electron chi connectivity index (χ0n) is 10.0. The van der Waals surface area contributed by atoms with Gasteiger partial charge in [0.1, 0.15) is 0 Å². The van der Waals surface area contributed by atoms with Crippen molar-refractivity contribution >= 4 is 42.4 Å². The number of thiazole rings is 1. The van der Waals surface area contributed by atoms with Gasteiger partial charge in [-0.2, -0.15) is 0 Å². The summed E-state index contributed by atoms with van der Waals surface area (Å²) in [7, 11) is -3.29. The van der Waals surface area contributed by atoms with Gasteiger partial charge in [0.05, 0.1) is 16.0 Å². The molecular weight excluding hydrogens is 270 g/mol. The van der Waals surface area contributed by atoms with Gasteiger partial charge in [-0.1, -0.05) is 24.7 Å². The molecule has 2 rings (SSSR count). The Morgan fingerprint density at radius 2 is 2.22 bits per heavy atom. The van der Waals surface area contributed by atoms with E-state index in [-0.39, 0.29) is 5.75 Å². The highest BCUT2D eigenvalue weighted by Crippen LogP contribution is 2.28. The van der Waals surface area contributed by atoms with Gasteiger partial charge in [-0.15, -0.1) is 0 Å². The maximum absolute atomic E-state index is 11.7. The van der Waals surface area contributed by atoms with Gasteiger partial charge in [0.2, 0.25) is 10.0 Å². The maximum Gasteiger partial charge on any atom is 0.234 e. The van der Waals surface area contributed by atoms with Gasteiger partial charge in [0.25, 0.3) is 0 Å². The van der Waals surface area contributed by atoms with E-state index in [1.165, 1.54) is 11.3 Å². The first kappa shape index (κ1) is 13.1. The lowest BCUT2D eigenvalue weighted by Crippen LogP contribution is -2.16. The standard InChI is InChI=1S/C11H15N3O2S2/c1-2-3-6-18(15,16)14-11-13-9-5-4-8(12)7-10(9)17-11/h4-5,7H,2-3,6,12H2,1H3,(H,13,14). The molecule has 1 aromatic carbocycles. The summed E-state index contributed by atoms with van der Waals surface area (Å²) >= 11 is 1.29. The van der Waals surface area contributed by atoms with E-state index >= 15 is 0 Å². The summed E-state index contributed by atoms with van der Waals surface area (Å²) in [5, 5.41) is 0.395. The number of sulfonamides is 1. The summed E-state index contributed by atoms with van der Waals surface area (Å²) in [5.74, 6) is 0.127. The summed E-state index contributed by atoms with van der Waals surface area (Å²) in [5.41, 5.74) is 7.06. The van der Waals surface area contributed by atoms with E-state index in [0.29, 0.717) is 17.2 Å². The lowest BCUT2D eigenvalue weighted by atomic mass is 10.3. The van der Waals surface area contributed by atoms with E-state index in [4.69, 9.17) is 5.73 Å². The Balaban J connectivity index is 2.22. The third-order valence-corrected chi connectivity index (χ3v) is 4.82. The Hall–Kier alpha value is -1.34. The summed E-state index contributed by atoms with van der Waals surface area (Å²) in [6.45, 7) is 1.95. The average Bonchev–Trinajstić information content (AvgIpc) is 2.66.